The van der Waals surface area contributed by atoms with Gasteiger partial charge in [-0.1, -0.05) is 0 Å². The summed E-state index contributed by atoms with van der Waals surface area (Å²) in [6, 6.07) is -0.990. The molecule has 0 aliphatic rings. The lowest BCUT2D eigenvalue weighted by molar-refractivity contribution is -0.146. The predicted molar refractivity (Wildman–Crippen MR) is 40.5 cm³/mol. The number of nitrogens with two attached hydrogens (primary N) is 1. The van der Waals surface area contributed by atoms with Crippen molar-refractivity contribution in [1.82, 2.24) is 5.32 Å². The largest absolute Gasteiger partial charge is 0.480 e. The number of carboxylic acid groups (broad SMARTS) is 2. The first-order valence-corrected chi connectivity index (χ1v) is 3.30. The van der Waals surface area contributed by atoms with Crippen LogP contribution in [0.1, 0.15) is 13.8 Å². The summed E-state index contributed by atoms with van der Waals surface area (Å²) >= 11 is 0. The number of rotatable bonds is 4. The van der Waals surface area contributed by atoms with E-state index in [0.717, 1.165) is 0 Å². The van der Waals surface area contributed by atoms with E-state index in [4.69, 9.17) is 15.9 Å². The predicted octanol–water partition coefficient (Wildman–Crippen LogP) is -1.19. The molecule has 70 valence electrons. The molecular formula is C6H12N2O4. The average molecular weight is 176 g/mol. The molecule has 2 atom stereocenters. The van der Waals surface area contributed by atoms with Gasteiger partial charge < -0.3 is 15.9 Å². The van der Waals surface area contributed by atoms with Crippen molar-refractivity contribution in [2.45, 2.75) is 25.6 Å². The minimum absolute atomic E-state index is 0.990. The lowest BCUT2D eigenvalue weighted by Gasteiger charge is -2.23. The first kappa shape index (κ1) is 10.9. The zero-order valence-electron chi connectivity index (χ0n) is 6.87. The van der Waals surface area contributed by atoms with E-state index in [1.165, 1.54) is 13.8 Å². The molecule has 0 aliphatic carbocycles. The molecule has 0 spiro atoms. The topological polar surface area (TPSA) is 113 Å². The Labute approximate surface area is 69.4 Å². The highest BCUT2D eigenvalue weighted by molar-refractivity contribution is 5.79. The molecule has 0 aromatic heterocycles. The molecule has 6 nitrogen and oxygen atoms in total. The minimum Gasteiger partial charge on any atom is -0.480 e. The van der Waals surface area contributed by atoms with Crippen LogP contribution >= 0.6 is 0 Å². The van der Waals surface area contributed by atoms with Crippen LogP contribution in [0.25, 0.3) is 0 Å². The third kappa shape index (κ3) is 2.85. The van der Waals surface area contributed by atoms with Crippen LogP contribution in [0.3, 0.4) is 0 Å². The Morgan fingerprint density at radius 3 is 2.17 bits per heavy atom. The maximum atomic E-state index is 10.4. The van der Waals surface area contributed by atoms with Gasteiger partial charge >= 0.3 is 11.9 Å². The maximum Gasteiger partial charge on any atom is 0.338 e. The molecule has 0 aromatic rings. The Morgan fingerprint density at radius 1 is 1.50 bits per heavy atom. The van der Waals surface area contributed by atoms with Gasteiger partial charge in [-0.3, -0.25) is 10.1 Å². The molecule has 0 heterocycles. The fraction of sp³-hybridized carbons (Fsp3) is 0.667. The first-order chi connectivity index (χ1) is 5.27. The van der Waals surface area contributed by atoms with Gasteiger partial charge in [-0.25, -0.2) is 4.79 Å². The third-order valence-corrected chi connectivity index (χ3v) is 1.33. The summed E-state index contributed by atoms with van der Waals surface area (Å²) in [5, 5.41) is 19.1. The summed E-state index contributed by atoms with van der Waals surface area (Å²) in [7, 11) is 0. The Hall–Kier alpha value is -1.14. The molecule has 0 saturated heterocycles. The number of hydrogen-bond donors (Lipinski definition) is 4. The van der Waals surface area contributed by atoms with Gasteiger partial charge in [0, 0.05) is 0 Å². The summed E-state index contributed by atoms with van der Waals surface area (Å²) in [6.45, 7) is 2.51. The van der Waals surface area contributed by atoms with Crippen LogP contribution in [-0.2, 0) is 9.59 Å². The molecule has 0 bridgehead atoms. The molecule has 5 N–H and O–H groups in total. The molecule has 0 fully saturated rings. The molecule has 12 heavy (non-hydrogen) atoms. The highest BCUT2D eigenvalue weighted by Crippen LogP contribution is 1.96. The van der Waals surface area contributed by atoms with E-state index in [0.29, 0.717) is 0 Å². The number of hydrogen-bond acceptors (Lipinski definition) is 4. The lowest BCUT2D eigenvalue weighted by Crippen LogP contribution is -2.61. The van der Waals surface area contributed by atoms with Gasteiger partial charge in [-0.2, -0.15) is 0 Å². The van der Waals surface area contributed by atoms with E-state index in [1.54, 1.807) is 0 Å². The van der Waals surface area contributed by atoms with Gasteiger partial charge in [0.2, 0.25) is 0 Å². The zero-order chi connectivity index (χ0) is 9.94. The van der Waals surface area contributed by atoms with E-state index in [2.05, 4.69) is 5.32 Å². The monoisotopic (exact) mass is 176 g/mol. The highest BCUT2D eigenvalue weighted by atomic mass is 16.4. The van der Waals surface area contributed by atoms with Gasteiger partial charge in [0.05, 0.1) is 0 Å². The van der Waals surface area contributed by atoms with Gasteiger partial charge in [-0.05, 0) is 13.8 Å². The first-order valence-electron chi connectivity index (χ1n) is 3.30. The Balaban J connectivity index is 4.24. The second-order valence-corrected chi connectivity index (χ2v) is 2.71. The lowest BCUT2D eigenvalue weighted by atomic mass is 10.2. The summed E-state index contributed by atoms with van der Waals surface area (Å²) in [5.74, 6) is -2.44. The van der Waals surface area contributed by atoms with E-state index in [1.807, 2.05) is 0 Å². The van der Waals surface area contributed by atoms with Crippen molar-refractivity contribution >= 4 is 11.9 Å². The average Bonchev–Trinajstić information content (AvgIpc) is 1.85. The van der Waals surface area contributed by atoms with Crippen molar-refractivity contribution in [3.8, 4) is 0 Å². The van der Waals surface area contributed by atoms with Crippen molar-refractivity contribution < 1.29 is 19.8 Å². The Morgan fingerprint density at radius 2 is 1.92 bits per heavy atom. The van der Waals surface area contributed by atoms with E-state index in [9.17, 15) is 9.59 Å². The second kappa shape index (κ2) is 3.51. The zero-order valence-corrected chi connectivity index (χ0v) is 6.87. The number of carboxylic acids is 2. The van der Waals surface area contributed by atoms with E-state index < -0.39 is 23.6 Å². The summed E-state index contributed by atoms with van der Waals surface area (Å²) < 4.78 is 0. The van der Waals surface area contributed by atoms with Crippen LogP contribution in [0.2, 0.25) is 0 Å². The van der Waals surface area contributed by atoms with E-state index >= 15 is 0 Å². The Bertz CT molecular complexity index is 202. The van der Waals surface area contributed by atoms with Crippen molar-refractivity contribution in [3.05, 3.63) is 0 Å². The number of nitrogens with one attached hydrogen (secondary N) is 1. The van der Waals surface area contributed by atoms with Crippen molar-refractivity contribution in [2.75, 3.05) is 0 Å². The normalized spacial score (nSPS) is 17.9. The molecule has 0 aliphatic heterocycles. The number of carbonyl (C=O) groups is 2. The van der Waals surface area contributed by atoms with Gasteiger partial charge in [-0.15, -0.1) is 0 Å². The summed E-state index contributed by atoms with van der Waals surface area (Å²) in [5.41, 5.74) is 3.51. The molecular weight excluding hydrogens is 164 g/mol. The maximum absolute atomic E-state index is 10.4. The minimum atomic E-state index is -1.71. The summed E-state index contributed by atoms with van der Waals surface area (Å²) in [6.07, 6.45) is 0. The van der Waals surface area contributed by atoms with Crippen molar-refractivity contribution in [3.63, 3.8) is 0 Å². The van der Waals surface area contributed by atoms with Crippen LogP contribution in [-0.4, -0.2) is 33.9 Å². The second-order valence-electron chi connectivity index (χ2n) is 2.71. The van der Waals surface area contributed by atoms with Gasteiger partial charge in [0.1, 0.15) is 6.04 Å². The van der Waals surface area contributed by atoms with Crippen LogP contribution in [0, 0.1) is 0 Å². The summed E-state index contributed by atoms with van der Waals surface area (Å²) in [4.78, 5) is 20.7. The van der Waals surface area contributed by atoms with Crippen molar-refractivity contribution in [1.29, 1.82) is 0 Å². The SMILES string of the molecule is C[C@H](N[C@@](C)(N)C(=O)O)C(=O)O. The molecule has 0 unspecified atom stereocenters. The van der Waals surface area contributed by atoms with Crippen LogP contribution in [0.15, 0.2) is 0 Å². The third-order valence-electron chi connectivity index (χ3n) is 1.33. The number of aliphatic carboxylic acids is 2. The molecule has 0 radical (unpaired) electrons. The highest BCUT2D eigenvalue weighted by Gasteiger charge is 2.31. The Kier molecular flexibility index (Phi) is 3.17. The molecule has 0 amide bonds. The van der Waals surface area contributed by atoms with E-state index in [-0.39, 0.29) is 0 Å². The standard InChI is InChI=1S/C6H12N2O4/c1-3(4(9)10)8-6(2,7)5(11)12/h3,8H,7H2,1-2H3,(H,9,10)(H,11,12)/t3-,6+/m0/s1. The fourth-order valence-corrected chi connectivity index (χ4v) is 0.573. The van der Waals surface area contributed by atoms with Gasteiger partial charge in [0.25, 0.3) is 0 Å². The molecule has 0 aromatic carbocycles. The quantitative estimate of drug-likeness (QED) is 0.400. The fourth-order valence-electron chi connectivity index (χ4n) is 0.573. The molecule has 6 heteroatoms. The van der Waals surface area contributed by atoms with Crippen molar-refractivity contribution in [2.24, 2.45) is 5.73 Å². The molecule has 0 saturated carbocycles. The smallest absolute Gasteiger partial charge is 0.338 e. The van der Waals surface area contributed by atoms with Crippen LogP contribution in [0.5, 0.6) is 0 Å². The van der Waals surface area contributed by atoms with Crippen LogP contribution in [0.4, 0.5) is 0 Å². The molecule has 0 rings (SSSR count). The van der Waals surface area contributed by atoms with Gasteiger partial charge in [0.15, 0.2) is 5.66 Å². The van der Waals surface area contributed by atoms with Crippen LogP contribution < -0.4 is 11.1 Å².